The molecule has 0 unspecified atom stereocenters. The molecule has 1 aromatic heterocycles. The number of ether oxygens (including phenoxy) is 1. The van der Waals surface area contributed by atoms with Gasteiger partial charge in [-0.05, 0) is 55.2 Å². The lowest BCUT2D eigenvalue weighted by atomic mass is 10.1. The van der Waals surface area contributed by atoms with Crippen molar-refractivity contribution in [2.45, 2.75) is 19.3 Å². The molecule has 1 aromatic carbocycles. The van der Waals surface area contributed by atoms with E-state index in [0.717, 1.165) is 35.0 Å². The fourth-order valence-corrected chi connectivity index (χ4v) is 2.65. The van der Waals surface area contributed by atoms with Gasteiger partial charge in [-0.3, -0.25) is 0 Å². The average Bonchev–Trinajstić information content (AvgIpc) is 2.95. The Kier molecular flexibility index (Phi) is 3.79. The van der Waals surface area contributed by atoms with Crippen LogP contribution in [0, 0.1) is 0 Å². The third kappa shape index (κ3) is 2.85. The van der Waals surface area contributed by atoms with Crippen molar-refractivity contribution in [2.75, 3.05) is 0 Å². The quantitative estimate of drug-likeness (QED) is 0.386. The number of hydrogen-bond acceptors (Lipinski definition) is 4. The highest BCUT2D eigenvalue weighted by molar-refractivity contribution is 9.10. The molecule has 21 heavy (non-hydrogen) atoms. The smallest absolute Gasteiger partial charge is 0.230 e. The van der Waals surface area contributed by atoms with Crippen molar-refractivity contribution in [1.29, 1.82) is 0 Å². The molecule has 2 aromatic rings. The van der Waals surface area contributed by atoms with Gasteiger partial charge in [-0.2, -0.15) is 0 Å². The monoisotopic (exact) mass is 347 g/mol. The number of nitrogens with two attached hydrogens (primary N) is 1. The van der Waals surface area contributed by atoms with Gasteiger partial charge in [-0.1, -0.05) is 21.1 Å². The van der Waals surface area contributed by atoms with E-state index in [-0.39, 0.29) is 5.84 Å². The van der Waals surface area contributed by atoms with Crippen LogP contribution in [0.15, 0.2) is 40.0 Å². The van der Waals surface area contributed by atoms with Crippen molar-refractivity contribution >= 4 is 21.8 Å². The Labute approximate surface area is 130 Å². The van der Waals surface area contributed by atoms with Gasteiger partial charge in [0.1, 0.15) is 5.75 Å². The van der Waals surface area contributed by atoms with Crippen molar-refractivity contribution in [3.05, 3.63) is 51.6 Å². The fraction of sp³-hybridized carbons (Fsp3) is 0.200. The molecule has 108 valence electrons. The number of nitrogens with zero attached hydrogens (tertiary/aromatic N) is 2. The first-order valence-electron chi connectivity index (χ1n) is 6.61. The molecule has 0 bridgehead atoms. The Morgan fingerprint density at radius 1 is 1.29 bits per heavy atom. The van der Waals surface area contributed by atoms with Crippen molar-refractivity contribution in [1.82, 2.24) is 4.98 Å². The molecule has 0 fully saturated rings. The lowest BCUT2D eigenvalue weighted by Gasteiger charge is -2.11. The number of aryl methyl sites for hydroxylation is 2. The van der Waals surface area contributed by atoms with Crippen LogP contribution in [0.2, 0.25) is 0 Å². The second-order valence-electron chi connectivity index (χ2n) is 4.84. The van der Waals surface area contributed by atoms with Crippen LogP contribution in [0.4, 0.5) is 0 Å². The largest absolute Gasteiger partial charge is 0.438 e. The first-order chi connectivity index (χ1) is 10.2. The first-order valence-corrected chi connectivity index (χ1v) is 7.41. The molecule has 3 rings (SSSR count). The Morgan fingerprint density at radius 3 is 2.76 bits per heavy atom. The van der Waals surface area contributed by atoms with Crippen molar-refractivity contribution in [3.8, 4) is 11.6 Å². The number of aromatic nitrogens is 1. The fourth-order valence-electron chi connectivity index (χ4n) is 2.38. The Morgan fingerprint density at radius 2 is 2.05 bits per heavy atom. The maximum Gasteiger partial charge on any atom is 0.230 e. The highest BCUT2D eigenvalue weighted by Crippen LogP contribution is 2.30. The number of halogens is 1. The van der Waals surface area contributed by atoms with Crippen LogP contribution in [-0.2, 0) is 12.8 Å². The molecule has 0 atom stereocenters. The first kappa shape index (κ1) is 13.9. The molecule has 0 spiro atoms. The number of pyridine rings is 1. The van der Waals surface area contributed by atoms with Crippen LogP contribution >= 0.6 is 15.9 Å². The van der Waals surface area contributed by atoms with E-state index in [0.29, 0.717) is 17.2 Å². The molecule has 3 N–H and O–H groups in total. The highest BCUT2D eigenvalue weighted by Gasteiger charge is 2.19. The number of oxime groups is 1. The van der Waals surface area contributed by atoms with Crippen LogP contribution in [0.25, 0.3) is 0 Å². The van der Waals surface area contributed by atoms with Gasteiger partial charge in [-0.25, -0.2) is 4.98 Å². The molecule has 0 radical (unpaired) electrons. The second kappa shape index (κ2) is 5.73. The van der Waals surface area contributed by atoms with Crippen molar-refractivity contribution in [2.24, 2.45) is 10.9 Å². The number of fused-ring (bicyclic) bond motifs is 1. The maximum atomic E-state index is 8.94. The predicted molar refractivity (Wildman–Crippen MR) is 83.0 cm³/mol. The van der Waals surface area contributed by atoms with Crippen molar-refractivity contribution in [3.63, 3.8) is 0 Å². The number of hydrogen-bond donors (Lipinski definition) is 2. The lowest BCUT2D eigenvalue weighted by Crippen LogP contribution is -2.16. The van der Waals surface area contributed by atoms with E-state index in [2.05, 4.69) is 26.1 Å². The minimum Gasteiger partial charge on any atom is -0.438 e. The highest BCUT2D eigenvalue weighted by atomic mass is 79.9. The van der Waals surface area contributed by atoms with Crippen LogP contribution in [0.3, 0.4) is 0 Å². The van der Waals surface area contributed by atoms with E-state index in [4.69, 9.17) is 15.7 Å². The Bertz CT molecular complexity index is 699. The van der Waals surface area contributed by atoms with Gasteiger partial charge in [0, 0.05) is 10.2 Å². The van der Waals surface area contributed by atoms with E-state index in [1.54, 1.807) is 0 Å². The van der Waals surface area contributed by atoms with E-state index < -0.39 is 0 Å². The van der Waals surface area contributed by atoms with Crippen LogP contribution in [0.5, 0.6) is 11.6 Å². The summed E-state index contributed by atoms with van der Waals surface area (Å²) in [6, 6.07) is 9.32. The summed E-state index contributed by atoms with van der Waals surface area (Å²) in [5, 5.41) is 12.0. The average molecular weight is 348 g/mol. The van der Waals surface area contributed by atoms with Gasteiger partial charge >= 0.3 is 0 Å². The molecule has 1 aliphatic rings. The van der Waals surface area contributed by atoms with Gasteiger partial charge in [-0.15, -0.1) is 0 Å². The molecule has 0 aliphatic heterocycles. The zero-order valence-electron chi connectivity index (χ0n) is 11.2. The molecule has 5 nitrogen and oxygen atoms in total. The summed E-state index contributed by atoms with van der Waals surface area (Å²) < 4.78 is 6.77. The van der Waals surface area contributed by atoms with Crippen LogP contribution in [-0.4, -0.2) is 16.0 Å². The van der Waals surface area contributed by atoms with E-state index in [9.17, 15) is 0 Å². The number of benzene rings is 1. The summed E-state index contributed by atoms with van der Waals surface area (Å²) in [4.78, 5) is 4.53. The number of amidine groups is 1. The predicted octanol–water partition coefficient (Wildman–Crippen LogP) is 3.22. The standard InChI is InChI=1S/C15H14BrN3O2/c16-10-4-6-11(7-5-10)21-15-12(14(17)19-20)8-9-2-1-3-13(9)18-15/h4-8,20H,1-3H2,(H2,17,19). The van der Waals surface area contributed by atoms with Gasteiger partial charge in [0.05, 0.1) is 5.56 Å². The van der Waals surface area contributed by atoms with Crippen LogP contribution in [0.1, 0.15) is 23.2 Å². The summed E-state index contributed by atoms with van der Waals surface area (Å²) >= 11 is 3.38. The SMILES string of the molecule is NC(=NO)c1cc2c(nc1Oc1ccc(Br)cc1)CCC2. The van der Waals surface area contributed by atoms with Gasteiger partial charge in [0.2, 0.25) is 5.88 Å². The topological polar surface area (TPSA) is 80.7 Å². The molecule has 0 saturated heterocycles. The normalized spacial score (nSPS) is 14.0. The molecule has 0 amide bonds. The third-order valence-corrected chi connectivity index (χ3v) is 3.96. The summed E-state index contributed by atoms with van der Waals surface area (Å²) in [6.45, 7) is 0. The number of rotatable bonds is 3. The molecule has 1 aliphatic carbocycles. The molecular formula is C15H14BrN3O2. The zero-order valence-corrected chi connectivity index (χ0v) is 12.8. The van der Waals surface area contributed by atoms with Crippen LogP contribution < -0.4 is 10.5 Å². The van der Waals surface area contributed by atoms with Crippen molar-refractivity contribution < 1.29 is 9.94 Å². The van der Waals surface area contributed by atoms with Gasteiger partial charge < -0.3 is 15.7 Å². The molecule has 6 heteroatoms. The van der Waals surface area contributed by atoms with E-state index >= 15 is 0 Å². The molecular weight excluding hydrogens is 334 g/mol. The Balaban J connectivity index is 2.01. The molecule has 0 saturated carbocycles. The summed E-state index contributed by atoms with van der Waals surface area (Å²) in [5.74, 6) is 1.02. The lowest BCUT2D eigenvalue weighted by molar-refractivity contribution is 0.318. The summed E-state index contributed by atoms with van der Waals surface area (Å²) in [5.41, 5.74) is 8.42. The van der Waals surface area contributed by atoms with E-state index in [1.807, 2.05) is 30.3 Å². The Hall–Kier alpha value is -2.08. The summed E-state index contributed by atoms with van der Waals surface area (Å²) in [6.07, 6.45) is 2.97. The molecule has 1 heterocycles. The van der Waals surface area contributed by atoms with E-state index in [1.165, 1.54) is 0 Å². The second-order valence-corrected chi connectivity index (χ2v) is 5.76. The van der Waals surface area contributed by atoms with Gasteiger partial charge in [0.15, 0.2) is 5.84 Å². The summed E-state index contributed by atoms with van der Waals surface area (Å²) in [7, 11) is 0. The minimum atomic E-state index is 0.00399. The maximum absolute atomic E-state index is 8.94. The minimum absolute atomic E-state index is 0.00399. The van der Waals surface area contributed by atoms with Gasteiger partial charge in [0.25, 0.3) is 0 Å². The third-order valence-electron chi connectivity index (χ3n) is 3.43. The zero-order chi connectivity index (χ0) is 14.8.